The molecule has 1 saturated heterocycles. The van der Waals surface area contributed by atoms with Crippen LogP contribution in [0.15, 0.2) is 16.9 Å². The molecule has 2 rings (SSSR count). The predicted molar refractivity (Wildman–Crippen MR) is 59.4 cm³/mol. The maximum atomic E-state index is 5.88. The topological polar surface area (TPSA) is 51.4 Å². The molecule has 1 aliphatic rings. The van der Waals surface area contributed by atoms with Crippen LogP contribution in [0.2, 0.25) is 0 Å². The minimum atomic E-state index is 0.710. The number of pyridine rings is 1. The first-order valence-electron chi connectivity index (χ1n) is 4.50. The summed E-state index contributed by atoms with van der Waals surface area (Å²) in [5.41, 5.74) is 7.62. The molecule has 1 fully saturated rings. The second-order valence-corrected chi connectivity index (χ2v) is 4.01. The molecule has 0 radical (unpaired) electrons. The number of nitrogens with zero attached hydrogens (tertiary/aromatic N) is 2. The van der Waals surface area contributed by atoms with Gasteiger partial charge < -0.3 is 15.4 Å². The molecular formula is C9H12BrN3O. The molecule has 0 saturated carbocycles. The number of morpholine rings is 1. The molecule has 4 nitrogen and oxygen atoms in total. The van der Waals surface area contributed by atoms with Gasteiger partial charge in [-0.2, -0.15) is 0 Å². The third-order valence-corrected chi connectivity index (χ3v) is 2.81. The van der Waals surface area contributed by atoms with Crippen molar-refractivity contribution in [3.8, 4) is 0 Å². The summed E-state index contributed by atoms with van der Waals surface area (Å²) in [6.45, 7) is 3.28. The first-order chi connectivity index (χ1) is 6.79. The second-order valence-electron chi connectivity index (χ2n) is 3.16. The van der Waals surface area contributed by atoms with Gasteiger partial charge in [-0.1, -0.05) is 0 Å². The van der Waals surface area contributed by atoms with Crippen LogP contribution in [0.5, 0.6) is 0 Å². The number of ether oxygens (including phenoxy) is 1. The summed E-state index contributed by atoms with van der Waals surface area (Å²) in [5.74, 6) is 0. The van der Waals surface area contributed by atoms with E-state index in [1.54, 1.807) is 12.4 Å². The van der Waals surface area contributed by atoms with E-state index >= 15 is 0 Å². The smallest absolute Gasteiger partial charge is 0.0777 e. The number of halogens is 1. The Balaban J connectivity index is 2.29. The van der Waals surface area contributed by atoms with Crippen LogP contribution < -0.4 is 10.6 Å². The summed E-state index contributed by atoms with van der Waals surface area (Å²) < 4.78 is 6.23. The molecule has 0 bridgehead atoms. The van der Waals surface area contributed by atoms with Crippen LogP contribution in [0.4, 0.5) is 11.4 Å². The van der Waals surface area contributed by atoms with E-state index in [1.165, 1.54) is 0 Å². The molecule has 0 atom stereocenters. The number of hydrogen-bond acceptors (Lipinski definition) is 4. The zero-order valence-electron chi connectivity index (χ0n) is 7.74. The van der Waals surface area contributed by atoms with Crippen LogP contribution in [0.1, 0.15) is 0 Å². The lowest BCUT2D eigenvalue weighted by atomic mass is 10.3. The van der Waals surface area contributed by atoms with Gasteiger partial charge in [0.2, 0.25) is 0 Å². The molecule has 76 valence electrons. The van der Waals surface area contributed by atoms with E-state index in [4.69, 9.17) is 10.5 Å². The quantitative estimate of drug-likeness (QED) is 0.824. The van der Waals surface area contributed by atoms with Crippen molar-refractivity contribution in [3.05, 3.63) is 16.9 Å². The van der Waals surface area contributed by atoms with Gasteiger partial charge in [0.25, 0.3) is 0 Å². The summed E-state index contributed by atoms with van der Waals surface area (Å²) in [4.78, 5) is 6.22. The van der Waals surface area contributed by atoms with E-state index in [0.717, 1.165) is 36.5 Å². The normalized spacial score (nSPS) is 17.1. The molecule has 14 heavy (non-hydrogen) atoms. The summed E-state index contributed by atoms with van der Waals surface area (Å²) >= 11 is 3.46. The van der Waals surface area contributed by atoms with Crippen LogP contribution in [0, 0.1) is 0 Å². The largest absolute Gasteiger partial charge is 0.396 e. The number of nitrogen functional groups attached to an aromatic ring is 1. The third kappa shape index (κ3) is 1.83. The summed E-state index contributed by atoms with van der Waals surface area (Å²) in [7, 11) is 0. The van der Waals surface area contributed by atoms with Gasteiger partial charge in [-0.25, -0.2) is 0 Å². The van der Waals surface area contributed by atoms with Crippen molar-refractivity contribution in [1.29, 1.82) is 0 Å². The predicted octanol–water partition coefficient (Wildman–Crippen LogP) is 1.26. The molecule has 1 aliphatic heterocycles. The van der Waals surface area contributed by atoms with Gasteiger partial charge in [0.1, 0.15) is 0 Å². The fraction of sp³-hybridized carbons (Fsp3) is 0.444. The SMILES string of the molecule is Nc1cncc(Br)c1N1CCOCC1. The van der Waals surface area contributed by atoms with E-state index < -0.39 is 0 Å². The van der Waals surface area contributed by atoms with Crippen molar-refractivity contribution < 1.29 is 4.74 Å². The fourth-order valence-corrected chi connectivity index (χ4v) is 2.16. The Morgan fingerprint density at radius 1 is 1.36 bits per heavy atom. The van der Waals surface area contributed by atoms with Gasteiger partial charge in [0, 0.05) is 19.3 Å². The van der Waals surface area contributed by atoms with Gasteiger partial charge in [-0.3, -0.25) is 4.98 Å². The van der Waals surface area contributed by atoms with Crippen LogP contribution in [0.3, 0.4) is 0 Å². The average molecular weight is 258 g/mol. The van der Waals surface area contributed by atoms with Crippen LogP contribution in [-0.4, -0.2) is 31.3 Å². The lowest BCUT2D eigenvalue weighted by Crippen LogP contribution is -2.36. The molecule has 0 amide bonds. The fourth-order valence-electron chi connectivity index (χ4n) is 1.56. The Labute approximate surface area is 91.2 Å². The van der Waals surface area contributed by atoms with Crippen LogP contribution in [0.25, 0.3) is 0 Å². The maximum Gasteiger partial charge on any atom is 0.0777 e. The zero-order chi connectivity index (χ0) is 9.97. The second kappa shape index (κ2) is 4.14. The highest BCUT2D eigenvalue weighted by molar-refractivity contribution is 9.10. The monoisotopic (exact) mass is 257 g/mol. The van der Waals surface area contributed by atoms with E-state index in [1.807, 2.05) is 0 Å². The summed E-state index contributed by atoms with van der Waals surface area (Å²) in [5, 5.41) is 0. The Morgan fingerprint density at radius 3 is 2.71 bits per heavy atom. The summed E-state index contributed by atoms with van der Waals surface area (Å²) in [6.07, 6.45) is 3.44. The highest BCUT2D eigenvalue weighted by Crippen LogP contribution is 2.31. The first kappa shape index (κ1) is 9.73. The van der Waals surface area contributed by atoms with E-state index in [0.29, 0.717) is 5.69 Å². The molecular weight excluding hydrogens is 246 g/mol. The summed E-state index contributed by atoms with van der Waals surface area (Å²) in [6, 6.07) is 0. The zero-order valence-corrected chi connectivity index (χ0v) is 9.33. The molecule has 0 aliphatic carbocycles. The molecule has 1 aromatic heterocycles. The van der Waals surface area contributed by atoms with Crippen LogP contribution in [-0.2, 0) is 4.74 Å². The van der Waals surface area contributed by atoms with E-state index in [9.17, 15) is 0 Å². The van der Waals surface area contributed by atoms with Crippen LogP contribution >= 0.6 is 15.9 Å². The molecule has 1 aromatic rings. The molecule has 5 heteroatoms. The van der Waals surface area contributed by atoms with Crippen molar-refractivity contribution in [1.82, 2.24) is 4.98 Å². The molecule has 2 N–H and O–H groups in total. The lowest BCUT2D eigenvalue weighted by molar-refractivity contribution is 0.122. The van der Waals surface area contributed by atoms with Crippen molar-refractivity contribution in [3.63, 3.8) is 0 Å². The maximum absolute atomic E-state index is 5.88. The molecule has 0 unspecified atom stereocenters. The van der Waals surface area contributed by atoms with Gasteiger partial charge in [0.15, 0.2) is 0 Å². The number of rotatable bonds is 1. The Hall–Kier alpha value is -0.810. The number of anilines is 2. The minimum Gasteiger partial charge on any atom is -0.396 e. The number of aromatic nitrogens is 1. The standard InChI is InChI=1S/C9H12BrN3O/c10-7-5-12-6-8(11)9(7)13-1-3-14-4-2-13/h5-6H,1-4,11H2. The Bertz CT molecular complexity index is 306. The van der Waals surface area contributed by atoms with Crippen molar-refractivity contribution in [2.45, 2.75) is 0 Å². The number of hydrogen-bond donors (Lipinski definition) is 1. The molecule has 0 spiro atoms. The van der Waals surface area contributed by atoms with Crippen molar-refractivity contribution in [2.75, 3.05) is 36.9 Å². The highest BCUT2D eigenvalue weighted by Gasteiger charge is 2.16. The third-order valence-electron chi connectivity index (χ3n) is 2.23. The van der Waals surface area contributed by atoms with Crippen molar-refractivity contribution >= 4 is 27.3 Å². The Morgan fingerprint density at radius 2 is 2.07 bits per heavy atom. The average Bonchev–Trinajstić information content (AvgIpc) is 2.19. The Kier molecular flexibility index (Phi) is 2.88. The number of nitrogens with two attached hydrogens (primary N) is 1. The highest BCUT2D eigenvalue weighted by atomic mass is 79.9. The first-order valence-corrected chi connectivity index (χ1v) is 5.30. The van der Waals surface area contributed by atoms with Gasteiger partial charge in [-0.15, -0.1) is 0 Å². The van der Waals surface area contributed by atoms with Gasteiger partial charge in [-0.05, 0) is 15.9 Å². The van der Waals surface area contributed by atoms with Gasteiger partial charge >= 0.3 is 0 Å². The molecule has 2 heterocycles. The van der Waals surface area contributed by atoms with Gasteiger partial charge in [0.05, 0.1) is 35.3 Å². The van der Waals surface area contributed by atoms with E-state index in [-0.39, 0.29) is 0 Å². The van der Waals surface area contributed by atoms with E-state index in [2.05, 4.69) is 25.8 Å². The van der Waals surface area contributed by atoms with Crippen molar-refractivity contribution in [2.24, 2.45) is 0 Å². The minimum absolute atomic E-state index is 0.710. The lowest BCUT2D eigenvalue weighted by Gasteiger charge is -2.30. The molecule has 0 aromatic carbocycles.